The largest absolute Gasteiger partial charge is 0.135 e. The normalized spacial score (nSPS) is 12.3. The van der Waals surface area contributed by atoms with Crippen molar-refractivity contribution < 1.29 is 0 Å². The Morgan fingerprint density at radius 3 is 1.45 bits per heavy atom. The summed E-state index contributed by atoms with van der Waals surface area (Å²) in [6.45, 7) is 0. The predicted molar refractivity (Wildman–Crippen MR) is 248 cm³/mol. The fraction of sp³-hybridized carbons (Fsp3) is 0. The van der Waals surface area contributed by atoms with E-state index in [0.717, 1.165) is 0 Å². The first-order valence-corrected chi connectivity index (χ1v) is 20.9. The molecule has 0 amide bonds. The van der Waals surface area contributed by atoms with Gasteiger partial charge < -0.3 is 0 Å². The van der Waals surface area contributed by atoms with Crippen molar-refractivity contribution in [1.29, 1.82) is 0 Å². The number of fused-ring (bicyclic) bond motifs is 17. The van der Waals surface area contributed by atoms with Gasteiger partial charge in [-0.2, -0.15) is 0 Å². The van der Waals surface area contributed by atoms with Crippen molar-refractivity contribution >= 4 is 128 Å². The van der Waals surface area contributed by atoms with Crippen molar-refractivity contribution in [3.8, 4) is 22.3 Å². The van der Waals surface area contributed by atoms with Gasteiger partial charge in [0.15, 0.2) is 0 Å². The Bertz CT molecular complexity index is 3750. The fourth-order valence-corrected chi connectivity index (χ4v) is 11.9. The lowest BCUT2D eigenvalue weighted by atomic mass is 9.89. The van der Waals surface area contributed by atoms with E-state index in [-0.39, 0.29) is 0 Å². The summed E-state index contributed by atoms with van der Waals surface area (Å²) in [5.41, 5.74) is 5.06. The van der Waals surface area contributed by atoms with Gasteiger partial charge in [0.05, 0.1) is 0 Å². The molecule has 0 saturated carbocycles. The molecule has 0 nitrogen and oxygen atoms in total. The standard InChI is InChI=1S/C54H30S2/c1-4-12-37-31(9-1)18-25-49-53(37)54-50(56-49)26-22-43-41-21-17-32(28-44(41)40-15-7-8-16-42(40)52(43)54)33-19-23-47-45(29-33)46-30-36(20-24-48(46)55-47)51-38-13-5-2-10-34(38)27-35-11-3-6-14-39(35)51/h1-30H. The second-order valence-electron chi connectivity index (χ2n) is 15.1. The maximum atomic E-state index is 2.44. The molecule has 0 saturated heterocycles. The molecule has 2 heterocycles. The number of hydrogen-bond acceptors (Lipinski definition) is 2. The first-order valence-electron chi connectivity index (χ1n) is 19.2. The van der Waals surface area contributed by atoms with Crippen molar-refractivity contribution in [3.63, 3.8) is 0 Å². The average Bonchev–Trinajstić information content (AvgIpc) is 3.83. The van der Waals surface area contributed by atoms with Crippen LogP contribution in [-0.2, 0) is 0 Å². The Morgan fingerprint density at radius 1 is 0.232 bits per heavy atom. The Morgan fingerprint density at radius 2 is 0.696 bits per heavy atom. The zero-order chi connectivity index (χ0) is 36.5. The molecule has 0 radical (unpaired) electrons. The summed E-state index contributed by atoms with van der Waals surface area (Å²) in [5.74, 6) is 0. The van der Waals surface area contributed by atoms with Crippen molar-refractivity contribution in [2.75, 3.05) is 0 Å². The average molecular weight is 743 g/mol. The van der Waals surface area contributed by atoms with Crippen LogP contribution in [0.25, 0.3) is 127 Å². The van der Waals surface area contributed by atoms with Gasteiger partial charge in [-0.25, -0.2) is 0 Å². The van der Waals surface area contributed by atoms with E-state index in [2.05, 4.69) is 182 Å². The van der Waals surface area contributed by atoms with Crippen LogP contribution in [0.1, 0.15) is 0 Å². The minimum Gasteiger partial charge on any atom is -0.135 e. The van der Waals surface area contributed by atoms with Gasteiger partial charge in [-0.15, -0.1) is 22.7 Å². The van der Waals surface area contributed by atoms with Gasteiger partial charge in [-0.05, 0) is 135 Å². The Labute approximate surface area is 330 Å². The van der Waals surface area contributed by atoms with Crippen LogP contribution >= 0.6 is 22.7 Å². The fourth-order valence-electron chi connectivity index (χ4n) is 9.69. The van der Waals surface area contributed by atoms with Crippen LogP contribution < -0.4 is 0 Å². The van der Waals surface area contributed by atoms with E-state index < -0.39 is 0 Å². The second kappa shape index (κ2) is 11.5. The molecule has 0 aliphatic carbocycles. The molecule has 0 aliphatic rings. The molecule has 0 spiro atoms. The molecule has 11 aromatic carbocycles. The van der Waals surface area contributed by atoms with Crippen LogP contribution in [0, 0.1) is 0 Å². The van der Waals surface area contributed by atoms with E-state index in [9.17, 15) is 0 Å². The van der Waals surface area contributed by atoms with Crippen LogP contribution in [0.2, 0.25) is 0 Å². The van der Waals surface area contributed by atoms with E-state index in [4.69, 9.17) is 0 Å². The molecular formula is C54H30S2. The molecule has 258 valence electrons. The molecule has 0 fully saturated rings. The maximum absolute atomic E-state index is 2.44. The summed E-state index contributed by atoms with van der Waals surface area (Å²) >= 11 is 3.79. The topological polar surface area (TPSA) is 0 Å². The van der Waals surface area contributed by atoms with E-state index in [0.29, 0.717) is 0 Å². The smallest absolute Gasteiger partial charge is 0.0362 e. The van der Waals surface area contributed by atoms with Gasteiger partial charge in [0.1, 0.15) is 0 Å². The molecule has 13 rings (SSSR count). The van der Waals surface area contributed by atoms with Crippen LogP contribution in [-0.4, -0.2) is 0 Å². The number of rotatable bonds is 2. The van der Waals surface area contributed by atoms with Crippen LogP contribution in [0.4, 0.5) is 0 Å². The molecule has 0 bridgehead atoms. The van der Waals surface area contributed by atoms with Gasteiger partial charge in [-0.1, -0.05) is 133 Å². The van der Waals surface area contributed by atoms with E-state index in [1.807, 2.05) is 22.7 Å². The van der Waals surface area contributed by atoms with Gasteiger partial charge in [0.25, 0.3) is 0 Å². The zero-order valence-corrected chi connectivity index (χ0v) is 31.8. The summed E-state index contributed by atoms with van der Waals surface area (Å²) < 4.78 is 5.33. The second-order valence-corrected chi connectivity index (χ2v) is 17.3. The number of benzene rings is 11. The highest BCUT2D eigenvalue weighted by atomic mass is 32.1. The molecule has 2 aromatic heterocycles. The van der Waals surface area contributed by atoms with Crippen LogP contribution in [0.3, 0.4) is 0 Å². The minimum absolute atomic E-state index is 1.24. The Balaban J connectivity index is 1.03. The first kappa shape index (κ1) is 30.7. The Kier molecular flexibility index (Phi) is 6.29. The zero-order valence-electron chi connectivity index (χ0n) is 30.1. The minimum atomic E-state index is 1.24. The summed E-state index contributed by atoms with van der Waals surface area (Å²) in [6.07, 6.45) is 0. The third-order valence-electron chi connectivity index (χ3n) is 12.2. The molecule has 0 aliphatic heterocycles. The number of hydrogen-bond donors (Lipinski definition) is 0. The van der Waals surface area contributed by atoms with Crippen LogP contribution in [0.5, 0.6) is 0 Å². The highest BCUT2D eigenvalue weighted by molar-refractivity contribution is 7.26. The molecule has 2 heteroatoms. The molecule has 56 heavy (non-hydrogen) atoms. The SMILES string of the molecule is c1ccc2c(-c3ccc4sc5ccc(-c6ccc7c(c6)c6ccccc6c6c7ccc7sc8ccc9ccccc9c8c76)cc5c4c3)c3ccccc3cc2c1. The summed E-state index contributed by atoms with van der Waals surface area (Å²) in [6, 6.07) is 68.4. The van der Waals surface area contributed by atoms with Gasteiger partial charge in [0.2, 0.25) is 0 Å². The summed E-state index contributed by atoms with van der Waals surface area (Å²) in [7, 11) is 0. The highest BCUT2D eigenvalue weighted by Crippen LogP contribution is 2.47. The first-order chi connectivity index (χ1) is 27.7. The third kappa shape index (κ3) is 4.29. The van der Waals surface area contributed by atoms with Crippen molar-refractivity contribution in [2.45, 2.75) is 0 Å². The molecule has 0 unspecified atom stereocenters. The summed E-state index contributed by atoms with van der Waals surface area (Å²) in [4.78, 5) is 0. The molecule has 0 N–H and O–H groups in total. The lowest BCUT2D eigenvalue weighted by Gasteiger charge is -2.14. The highest BCUT2D eigenvalue weighted by Gasteiger charge is 2.18. The van der Waals surface area contributed by atoms with E-state index >= 15 is 0 Å². The Hall–Kier alpha value is -6.58. The van der Waals surface area contributed by atoms with Gasteiger partial charge in [-0.3, -0.25) is 0 Å². The van der Waals surface area contributed by atoms with E-state index in [1.54, 1.807) is 0 Å². The molecule has 0 atom stereocenters. The monoisotopic (exact) mass is 742 g/mol. The van der Waals surface area contributed by atoms with Crippen LogP contribution in [0.15, 0.2) is 182 Å². The number of thiophene rings is 2. The van der Waals surface area contributed by atoms with Gasteiger partial charge >= 0.3 is 0 Å². The molecular weight excluding hydrogens is 713 g/mol. The maximum Gasteiger partial charge on any atom is 0.0362 e. The predicted octanol–water partition coefficient (Wildman–Crippen LogP) is 16.7. The van der Waals surface area contributed by atoms with Gasteiger partial charge in [0, 0.05) is 40.3 Å². The van der Waals surface area contributed by atoms with Crippen molar-refractivity contribution in [1.82, 2.24) is 0 Å². The molecule has 13 aromatic rings. The van der Waals surface area contributed by atoms with Crippen molar-refractivity contribution in [3.05, 3.63) is 182 Å². The quantitative estimate of drug-likeness (QED) is 0.122. The van der Waals surface area contributed by atoms with Crippen molar-refractivity contribution in [2.24, 2.45) is 0 Å². The third-order valence-corrected chi connectivity index (χ3v) is 14.5. The van der Waals surface area contributed by atoms with E-state index in [1.165, 1.54) is 127 Å². The lowest BCUT2D eigenvalue weighted by Crippen LogP contribution is -1.86. The lowest BCUT2D eigenvalue weighted by molar-refractivity contribution is 1.71. The summed E-state index contributed by atoms with van der Waals surface area (Å²) in [5, 5.41) is 21.1.